The Bertz CT molecular complexity index is 443. The molecule has 0 radical (unpaired) electrons. The lowest BCUT2D eigenvalue weighted by Gasteiger charge is -2.21. The van der Waals surface area contributed by atoms with Gasteiger partial charge in [-0.15, -0.1) is 0 Å². The van der Waals surface area contributed by atoms with Crippen LogP contribution in [0.1, 0.15) is 56.2 Å². The summed E-state index contributed by atoms with van der Waals surface area (Å²) in [6.07, 6.45) is 3.34. The van der Waals surface area contributed by atoms with Crippen molar-refractivity contribution >= 4 is 5.97 Å². The van der Waals surface area contributed by atoms with E-state index < -0.39 is 5.97 Å². The molecule has 0 saturated carbocycles. The zero-order valence-corrected chi connectivity index (χ0v) is 13.7. The molecule has 1 aromatic heterocycles. The molecule has 1 aromatic rings. The predicted molar refractivity (Wildman–Crippen MR) is 84.6 cm³/mol. The molecule has 5 nitrogen and oxygen atoms in total. The molecule has 0 fully saturated rings. The van der Waals surface area contributed by atoms with Crippen molar-refractivity contribution in [2.75, 3.05) is 13.1 Å². The lowest BCUT2D eigenvalue weighted by molar-refractivity contribution is 0.0681. The molecule has 0 aromatic carbocycles. The molecule has 0 bridgehead atoms. The summed E-state index contributed by atoms with van der Waals surface area (Å²) in [5.41, 5.74) is 1.05. The number of aromatic carboxylic acids is 1. The number of aromatic nitrogens is 2. The predicted octanol–water partition coefficient (Wildman–Crippen LogP) is 2.94. The Hall–Kier alpha value is -1.36. The summed E-state index contributed by atoms with van der Waals surface area (Å²) in [5, 5.41) is 17.1. The molecule has 1 rings (SSSR count). The Balaban J connectivity index is 2.76. The zero-order chi connectivity index (χ0) is 15.8. The molecular formula is C16H29N3O2. The molecule has 0 aliphatic carbocycles. The van der Waals surface area contributed by atoms with Gasteiger partial charge in [-0.3, -0.25) is 4.68 Å². The van der Waals surface area contributed by atoms with E-state index in [0.717, 1.165) is 38.0 Å². The van der Waals surface area contributed by atoms with E-state index in [1.807, 2.05) is 6.92 Å². The number of nitrogens with one attached hydrogen (secondary N) is 1. The van der Waals surface area contributed by atoms with Crippen molar-refractivity contribution in [2.24, 2.45) is 11.8 Å². The fourth-order valence-corrected chi connectivity index (χ4v) is 2.54. The normalized spacial score (nSPS) is 14.1. The number of hydrogen-bond donors (Lipinski definition) is 2. The van der Waals surface area contributed by atoms with E-state index in [9.17, 15) is 9.90 Å². The highest BCUT2D eigenvalue weighted by molar-refractivity contribution is 5.85. The molecule has 0 amide bonds. The standard InChI is InChI=1S/C16H29N3O2/c1-5-7-17-10-14(8-12(3)6-2)11-19-15(16(20)21)9-13(4)18-19/h9,12,14,17H,5-8,10-11H2,1-4H3,(H,20,21). The van der Waals surface area contributed by atoms with Crippen LogP contribution in [0, 0.1) is 18.8 Å². The number of aryl methyl sites for hydroxylation is 1. The molecule has 21 heavy (non-hydrogen) atoms. The molecule has 2 N–H and O–H groups in total. The quantitative estimate of drug-likeness (QED) is 0.651. The zero-order valence-electron chi connectivity index (χ0n) is 13.7. The van der Waals surface area contributed by atoms with Gasteiger partial charge >= 0.3 is 5.97 Å². The number of rotatable bonds is 10. The fraction of sp³-hybridized carbons (Fsp3) is 0.750. The van der Waals surface area contributed by atoms with Gasteiger partial charge in [0.15, 0.2) is 0 Å². The minimum atomic E-state index is -0.903. The van der Waals surface area contributed by atoms with Crippen LogP contribution in [0.3, 0.4) is 0 Å². The summed E-state index contributed by atoms with van der Waals surface area (Å²) in [7, 11) is 0. The van der Waals surface area contributed by atoms with Crippen molar-refractivity contribution in [3.63, 3.8) is 0 Å². The van der Waals surface area contributed by atoms with E-state index in [1.54, 1.807) is 10.7 Å². The van der Waals surface area contributed by atoms with Crippen LogP contribution in [0.15, 0.2) is 6.07 Å². The maximum atomic E-state index is 11.3. The fourth-order valence-electron chi connectivity index (χ4n) is 2.54. The van der Waals surface area contributed by atoms with Crippen molar-refractivity contribution in [3.05, 3.63) is 17.5 Å². The van der Waals surface area contributed by atoms with Crippen molar-refractivity contribution in [3.8, 4) is 0 Å². The van der Waals surface area contributed by atoms with Crippen LogP contribution in [0.2, 0.25) is 0 Å². The lowest BCUT2D eigenvalue weighted by Crippen LogP contribution is -2.29. The molecule has 2 unspecified atom stereocenters. The minimum absolute atomic E-state index is 0.289. The van der Waals surface area contributed by atoms with Gasteiger partial charge in [0.25, 0.3) is 0 Å². The largest absolute Gasteiger partial charge is 0.477 e. The second-order valence-corrected chi connectivity index (χ2v) is 5.98. The van der Waals surface area contributed by atoms with Gasteiger partial charge in [-0.2, -0.15) is 5.10 Å². The van der Waals surface area contributed by atoms with E-state index in [-0.39, 0.29) is 5.69 Å². The SMILES string of the molecule is CCCNCC(CC(C)CC)Cn1nc(C)cc1C(=O)O. The molecule has 120 valence electrons. The number of hydrogen-bond acceptors (Lipinski definition) is 3. The highest BCUT2D eigenvalue weighted by Crippen LogP contribution is 2.18. The summed E-state index contributed by atoms with van der Waals surface area (Å²) >= 11 is 0. The molecular weight excluding hydrogens is 266 g/mol. The smallest absolute Gasteiger partial charge is 0.354 e. The van der Waals surface area contributed by atoms with Crippen molar-refractivity contribution in [1.82, 2.24) is 15.1 Å². The van der Waals surface area contributed by atoms with Crippen LogP contribution in [0.5, 0.6) is 0 Å². The highest BCUT2D eigenvalue weighted by atomic mass is 16.4. The highest BCUT2D eigenvalue weighted by Gasteiger charge is 2.18. The third-order valence-electron chi connectivity index (χ3n) is 3.84. The number of carboxylic acid groups (broad SMARTS) is 1. The van der Waals surface area contributed by atoms with Gasteiger partial charge in [-0.25, -0.2) is 4.79 Å². The van der Waals surface area contributed by atoms with Gasteiger partial charge in [0.2, 0.25) is 0 Å². The van der Waals surface area contributed by atoms with Gasteiger partial charge < -0.3 is 10.4 Å². The van der Waals surface area contributed by atoms with Gasteiger partial charge in [0.1, 0.15) is 5.69 Å². The van der Waals surface area contributed by atoms with Crippen LogP contribution in [0.4, 0.5) is 0 Å². The number of carbonyl (C=O) groups is 1. The first-order chi connectivity index (χ1) is 9.97. The third kappa shape index (κ3) is 5.87. The van der Waals surface area contributed by atoms with Crippen LogP contribution in [-0.4, -0.2) is 33.9 Å². The third-order valence-corrected chi connectivity index (χ3v) is 3.84. The monoisotopic (exact) mass is 295 g/mol. The van der Waals surface area contributed by atoms with Crippen molar-refractivity contribution in [2.45, 2.75) is 53.5 Å². The molecule has 2 atom stereocenters. The minimum Gasteiger partial charge on any atom is -0.477 e. The maximum Gasteiger partial charge on any atom is 0.354 e. The van der Waals surface area contributed by atoms with E-state index in [1.165, 1.54) is 0 Å². The van der Waals surface area contributed by atoms with E-state index >= 15 is 0 Å². The summed E-state index contributed by atoms with van der Waals surface area (Å²) in [5.74, 6) is 0.145. The van der Waals surface area contributed by atoms with Gasteiger partial charge in [-0.1, -0.05) is 27.2 Å². The first-order valence-electron chi connectivity index (χ1n) is 7.96. The molecule has 1 heterocycles. The molecule has 0 aliphatic rings. The first kappa shape index (κ1) is 17.7. The second kappa shape index (κ2) is 8.82. The van der Waals surface area contributed by atoms with Crippen LogP contribution >= 0.6 is 0 Å². The van der Waals surface area contributed by atoms with E-state index in [2.05, 4.69) is 31.2 Å². The van der Waals surface area contributed by atoms with Crippen LogP contribution < -0.4 is 5.32 Å². The van der Waals surface area contributed by atoms with Gasteiger partial charge in [-0.05, 0) is 50.8 Å². The average Bonchev–Trinajstić information content (AvgIpc) is 2.79. The van der Waals surface area contributed by atoms with Gasteiger partial charge in [0.05, 0.1) is 5.69 Å². The Morgan fingerprint density at radius 2 is 2.19 bits per heavy atom. The molecule has 0 aliphatic heterocycles. The Morgan fingerprint density at radius 3 is 2.76 bits per heavy atom. The average molecular weight is 295 g/mol. The van der Waals surface area contributed by atoms with E-state index in [0.29, 0.717) is 18.4 Å². The summed E-state index contributed by atoms with van der Waals surface area (Å²) in [4.78, 5) is 11.3. The second-order valence-electron chi connectivity index (χ2n) is 5.98. The molecule has 5 heteroatoms. The summed E-state index contributed by atoms with van der Waals surface area (Å²) < 4.78 is 1.65. The van der Waals surface area contributed by atoms with Crippen molar-refractivity contribution < 1.29 is 9.90 Å². The van der Waals surface area contributed by atoms with Crippen molar-refractivity contribution in [1.29, 1.82) is 0 Å². The number of nitrogens with zero attached hydrogens (tertiary/aromatic N) is 2. The topological polar surface area (TPSA) is 67.2 Å². The van der Waals surface area contributed by atoms with Gasteiger partial charge in [0, 0.05) is 6.54 Å². The van der Waals surface area contributed by atoms with Crippen LogP contribution in [-0.2, 0) is 6.54 Å². The summed E-state index contributed by atoms with van der Waals surface area (Å²) in [6, 6.07) is 1.64. The first-order valence-corrected chi connectivity index (χ1v) is 7.96. The summed E-state index contributed by atoms with van der Waals surface area (Å²) in [6.45, 7) is 11.0. The Kier molecular flexibility index (Phi) is 7.43. The molecule has 0 spiro atoms. The number of carboxylic acids is 1. The Morgan fingerprint density at radius 1 is 1.48 bits per heavy atom. The lowest BCUT2D eigenvalue weighted by atomic mass is 9.93. The Labute approximate surface area is 127 Å². The molecule has 0 saturated heterocycles. The maximum absolute atomic E-state index is 11.3. The van der Waals surface area contributed by atoms with E-state index in [4.69, 9.17) is 0 Å². The van der Waals surface area contributed by atoms with Crippen LogP contribution in [0.25, 0.3) is 0 Å².